The average molecular weight is 499 g/mol. The highest BCUT2D eigenvalue weighted by molar-refractivity contribution is 5.93. The lowest BCUT2D eigenvalue weighted by atomic mass is 10.2. The topological polar surface area (TPSA) is 80.7 Å². The number of pyridine rings is 1. The molecule has 0 atom stereocenters. The molecule has 3 heterocycles. The molecule has 0 radical (unpaired) electrons. The molecule has 9 heteroatoms. The lowest BCUT2D eigenvalue weighted by Gasteiger charge is -2.34. The Morgan fingerprint density at radius 3 is 2.46 bits per heavy atom. The molecule has 1 saturated carbocycles. The lowest BCUT2D eigenvalue weighted by Crippen LogP contribution is -2.44. The van der Waals surface area contributed by atoms with Gasteiger partial charge in [0.05, 0.1) is 5.39 Å². The second-order valence-corrected chi connectivity index (χ2v) is 9.96. The molecule has 2 aromatic heterocycles. The fourth-order valence-electron chi connectivity index (χ4n) is 5.08. The van der Waals surface area contributed by atoms with Crippen molar-refractivity contribution < 1.29 is 4.79 Å². The summed E-state index contributed by atoms with van der Waals surface area (Å²) in [6.07, 6.45) is 11.9. The van der Waals surface area contributed by atoms with E-state index in [9.17, 15) is 4.79 Å². The minimum atomic E-state index is -0.102. The Kier molecular flexibility index (Phi) is 7.10. The van der Waals surface area contributed by atoms with E-state index >= 15 is 0 Å². The van der Waals surface area contributed by atoms with Crippen molar-refractivity contribution in [3.63, 3.8) is 0 Å². The van der Waals surface area contributed by atoms with Crippen molar-refractivity contribution in [2.24, 2.45) is 0 Å². The summed E-state index contributed by atoms with van der Waals surface area (Å²) in [5.41, 5.74) is 3.14. The predicted octanol–water partition coefficient (Wildman–Crippen LogP) is 3.93. The molecule has 1 aromatic carbocycles. The molecule has 1 saturated heterocycles. The first-order valence-electron chi connectivity index (χ1n) is 12.9. The molecular formula is C28H34N8O. The maximum Gasteiger partial charge on any atom is 0.325 e. The molecule has 1 aliphatic heterocycles. The number of carbonyl (C=O) groups excluding carboxylic acids is 1. The van der Waals surface area contributed by atoms with Crippen molar-refractivity contribution in [2.45, 2.75) is 31.7 Å². The monoisotopic (exact) mass is 498 g/mol. The zero-order valence-corrected chi connectivity index (χ0v) is 21.8. The fraction of sp³-hybridized carbons (Fsp3) is 0.429. The zero-order chi connectivity index (χ0) is 25.9. The SMILES string of the molecule is C#Cc1cc(N(C)C(=O)N(C)C2CCCC2)nc2nc(Nc3ccc(N4CCN(C)CC4)cc3)ncc12. The smallest absolute Gasteiger partial charge is 0.325 e. The van der Waals surface area contributed by atoms with Gasteiger partial charge in [-0.15, -0.1) is 6.42 Å². The Bertz CT molecular complexity index is 1300. The summed E-state index contributed by atoms with van der Waals surface area (Å²) >= 11 is 0. The predicted molar refractivity (Wildman–Crippen MR) is 149 cm³/mol. The van der Waals surface area contributed by atoms with Gasteiger partial charge >= 0.3 is 6.03 Å². The molecule has 2 amide bonds. The van der Waals surface area contributed by atoms with Crippen LogP contribution in [0.3, 0.4) is 0 Å². The minimum Gasteiger partial charge on any atom is -0.369 e. The number of amides is 2. The number of anilines is 4. The van der Waals surface area contributed by atoms with Crippen LogP contribution in [0.25, 0.3) is 11.0 Å². The number of benzene rings is 1. The third-order valence-corrected chi connectivity index (χ3v) is 7.50. The molecule has 5 rings (SSSR count). The van der Waals surface area contributed by atoms with Gasteiger partial charge in [0, 0.05) is 69.5 Å². The molecule has 0 spiro atoms. The Morgan fingerprint density at radius 2 is 1.78 bits per heavy atom. The average Bonchev–Trinajstić information content (AvgIpc) is 3.47. The Morgan fingerprint density at radius 1 is 1.08 bits per heavy atom. The number of piperazine rings is 1. The summed E-state index contributed by atoms with van der Waals surface area (Å²) in [6, 6.07) is 10.2. The highest BCUT2D eigenvalue weighted by atomic mass is 16.2. The van der Waals surface area contributed by atoms with E-state index < -0.39 is 0 Å². The third kappa shape index (κ3) is 5.30. The number of hydrogen-bond acceptors (Lipinski definition) is 7. The van der Waals surface area contributed by atoms with Gasteiger partial charge in [-0.3, -0.25) is 4.90 Å². The van der Waals surface area contributed by atoms with E-state index in [0.29, 0.717) is 28.4 Å². The van der Waals surface area contributed by atoms with Gasteiger partial charge in [-0.2, -0.15) is 4.98 Å². The number of likely N-dealkylation sites (N-methyl/N-ethyl adjacent to an activating group) is 1. The first-order valence-corrected chi connectivity index (χ1v) is 12.9. The summed E-state index contributed by atoms with van der Waals surface area (Å²) in [5.74, 6) is 3.59. The molecule has 1 N–H and O–H groups in total. The van der Waals surface area contributed by atoms with Gasteiger partial charge in [-0.05, 0) is 50.2 Å². The second kappa shape index (κ2) is 10.6. The van der Waals surface area contributed by atoms with E-state index in [2.05, 4.69) is 55.2 Å². The Balaban J connectivity index is 1.35. The van der Waals surface area contributed by atoms with Crippen molar-refractivity contribution in [3.05, 3.63) is 42.1 Å². The van der Waals surface area contributed by atoms with Crippen LogP contribution in [-0.2, 0) is 0 Å². The minimum absolute atomic E-state index is 0.102. The molecule has 9 nitrogen and oxygen atoms in total. The standard InChI is InChI=1S/C28H34N8O/c1-5-20-18-25(35(4)28(37)34(3)22-8-6-7-9-22)31-26-24(20)19-29-27(32-26)30-21-10-12-23(13-11-21)36-16-14-33(2)15-17-36/h1,10-13,18-19,22H,6-9,14-17H2,2-4H3,(H,29,30,31,32). The van der Waals surface area contributed by atoms with Crippen LogP contribution in [0.4, 0.5) is 27.9 Å². The Hall–Kier alpha value is -3.90. The number of aromatic nitrogens is 3. The number of terminal acetylenes is 1. The second-order valence-electron chi connectivity index (χ2n) is 9.96. The van der Waals surface area contributed by atoms with E-state index in [1.54, 1.807) is 24.2 Å². The van der Waals surface area contributed by atoms with E-state index in [1.807, 2.05) is 24.1 Å². The number of hydrogen-bond donors (Lipinski definition) is 1. The first-order chi connectivity index (χ1) is 17.9. The van der Waals surface area contributed by atoms with Crippen LogP contribution in [0.2, 0.25) is 0 Å². The van der Waals surface area contributed by atoms with Gasteiger partial charge in [0.2, 0.25) is 5.95 Å². The van der Waals surface area contributed by atoms with Gasteiger partial charge in [-0.25, -0.2) is 14.8 Å². The van der Waals surface area contributed by atoms with Gasteiger partial charge in [0.25, 0.3) is 0 Å². The van der Waals surface area contributed by atoms with Crippen LogP contribution in [0.5, 0.6) is 0 Å². The number of nitrogens with one attached hydrogen (secondary N) is 1. The quantitative estimate of drug-likeness (QED) is 0.534. The molecule has 2 fully saturated rings. The van der Waals surface area contributed by atoms with E-state index in [4.69, 9.17) is 6.42 Å². The number of fused-ring (bicyclic) bond motifs is 1. The van der Waals surface area contributed by atoms with Crippen LogP contribution < -0.4 is 15.1 Å². The normalized spacial score (nSPS) is 16.5. The summed E-state index contributed by atoms with van der Waals surface area (Å²) in [4.78, 5) is 35.0. The molecule has 2 aliphatic rings. The first kappa shape index (κ1) is 24.8. The van der Waals surface area contributed by atoms with E-state index in [1.165, 1.54) is 5.69 Å². The van der Waals surface area contributed by atoms with Crippen molar-refractivity contribution in [2.75, 3.05) is 62.4 Å². The van der Waals surface area contributed by atoms with Crippen LogP contribution in [0.1, 0.15) is 31.2 Å². The van der Waals surface area contributed by atoms with Crippen molar-refractivity contribution in [3.8, 4) is 12.3 Å². The number of urea groups is 1. The maximum atomic E-state index is 13.1. The molecule has 37 heavy (non-hydrogen) atoms. The third-order valence-electron chi connectivity index (χ3n) is 7.50. The molecule has 1 aliphatic carbocycles. The van der Waals surface area contributed by atoms with Gasteiger partial charge in [-0.1, -0.05) is 18.8 Å². The molecule has 192 valence electrons. The van der Waals surface area contributed by atoms with E-state index in [-0.39, 0.29) is 12.1 Å². The summed E-state index contributed by atoms with van der Waals surface area (Å²) in [6.45, 7) is 4.18. The maximum absolute atomic E-state index is 13.1. The van der Waals surface area contributed by atoms with Crippen LogP contribution in [0, 0.1) is 12.3 Å². The fourth-order valence-corrected chi connectivity index (χ4v) is 5.08. The summed E-state index contributed by atoms with van der Waals surface area (Å²) < 4.78 is 0. The highest BCUT2D eigenvalue weighted by Crippen LogP contribution is 2.27. The van der Waals surface area contributed by atoms with E-state index in [0.717, 1.165) is 57.5 Å². The largest absolute Gasteiger partial charge is 0.369 e. The van der Waals surface area contributed by atoms with Gasteiger partial charge in [0.15, 0.2) is 5.65 Å². The molecule has 0 bridgehead atoms. The van der Waals surface area contributed by atoms with Crippen LogP contribution in [0.15, 0.2) is 36.5 Å². The molecular weight excluding hydrogens is 464 g/mol. The summed E-state index contributed by atoms with van der Waals surface area (Å²) in [7, 11) is 5.74. The van der Waals surface area contributed by atoms with Crippen molar-refractivity contribution >= 4 is 40.2 Å². The number of carbonyl (C=O) groups is 1. The zero-order valence-electron chi connectivity index (χ0n) is 21.8. The molecule has 0 unspecified atom stereocenters. The van der Waals surface area contributed by atoms with Crippen molar-refractivity contribution in [1.82, 2.24) is 24.8 Å². The van der Waals surface area contributed by atoms with Crippen LogP contribution in [-0.4, -0.2) is 84.1 Å². The Labute approximate surface area is 218 Å². The van der Waals surface area contributed by atoms with Crippen molar-refractivity contribution in [1.29, 1.82) is 0 Å². The number of rotatable bonds is 5. The highest BCUT2D eigenvalue weighted by Gasteiger charge is 2.27. The number of nitrogens with zero attached hydrogens (tertiary/aromatic N) is 7. The van der Waals surface area contributed by atoms with Crippen LogP contribution >= 0.6 is 0 Å². The lowest BCUT2D eigenvalue weighted by molar-refractivity contribution is 0.199. The molecule has 3 aromatic rings. The van der Waals surface area contributed by atoms with Gasteiger partial charge in [0.1, 0.15) is 5.82 Å². The summed E-state index contributed by atoms with van der Waals surface area (Å²) in [5, 5.41) is 3.94. The van der Waals surface area contributed by atoms with Gasteiger partial charge < -0.3 is 20.0 Å².